The number of carbonyl (C=O) groups is 1. The van der Waals surface area contributed by atoms with Crippen LogP contribution in [0.15, 0.2) is 48.5 Å². The minimum absolute atomic E-state index is 0.0220. The standard InChI is InChI=1S/C22H30N2O3/c1-5-17(18-10-7-6-8-11-18)14-23-21(25)16-24(2)15-19-12-9-13-20(26-3)22(19)27-4/h6-13,17H,5,14-16H2,1-4H3,(H,23,25). The molecule has 1 amide bonds. The van der Waals surface area contributed by atoms with Crippen molar-refractivity contribution >= 4 is 5.91 Å². The highest BCUT2D eigenvalue weighted by Crippen LogP contribution is 2.31. The van der Waals surface area contributed by atoms with Gasteiger partial charge in [-0.15, -0.1) is 0 Å². The number of nitrogens with zero attached hydrogens (tertiary/aromatic N) is 1. The van der Waals surface area contributed by atoms with Crippen molar-refractivity contribution < 1.29 is 14.3 Å². The number of nitrogens with one attached hydrogen (secondary N) is 1. The van der Waals surface area contributed by atoms with Crippen molar-refractivity contribution in [2.24, 2.45) is 0 Å². The molecule has 0 aliphatic heterocycles. The molecule has 2 rings (SSSR count). The minimum Gasteiger partial charge on any atom is -0.493 e. The summed E-state index contributed by atoms with van der Waals surface area (Å²) in [5.41, 5.74) is 2.25. The molecule has 0 heterocycles. The molecule has 2 aromatic rings. The van der Waals surface area contributed by atoms with Crippen molar-refractivity contribution in [2.45, 2.75) is 25.8 Å². The van der Waals surface area contributed by atoms with Crippen molar-refractivity contribution in [1.29, 1.82) is 0 Å². The van der Waals surface area contributed by atoms with Gasteiger partial charge in [-0.25, -0.2) is 0 Å². The molecule has 0 saturated heterocycles. The first kappa shape index (κ1) is 20.8. The van der Waals surface area contributed by atoms with E-state index in [9.17, 15) is 4.79 Å². The summed E-state index contributed by atoms with van der Waals surface area (Å²) in [6.45, 7) is 3.72. The third kappa shape index (κ3) is 6.00. The van der Waals surface area contributed by atoms with Crippen molar-refractivity contribution in [3.63, 3.8) is 0 Å². The molecule has 1 N–H and O–H groups in total. The van der Waals surface area contributed by atoms with Gasteiger partial charge in [0.25, 0.3) is 0 Å². The molecule has 0 aliphatic rings. The monoisotopic (exact) mass is 370 g/mol. The molecule has 5 nitrogen and oxygen atoms in total. The zero-order valence-electron chi connectivity index (χ0n) is 16.7. The number of amides is 1. The Labute approximate surface area is 162 Å². The lowest BCUT2D eigenvalue weighted by Crippen LogP contribution is -2.36. The van der Waals surface area contributed by atoms with Crippen LogP contribution in [0.1, 0.15) is 30.4 Å². The Balaban J connectivity index is 1.89. The molecule has 5 heteroatoms. The number of rotatable bonds is 10. The van der Waals surface area contributed by atoms with Crippen LogP contribution in [0.4, 0.5) is 0 Å². The molecular weight excluding hydrogens is 340 g/mol. The lowest BCUT2D eigenvalue weighted by Gasteiger charge is -2.20. The summed E-state index contributed by atoms with van der Waals surface area (Å²) in [5, 5.41) is 3.06. The topological polar surface area (TPSA) is 50.8 Å². The second kappa shape index (κ2) is 10.6. The molecule has 1 atom stereocenters. The van der Waals surface area contributed by atoms with E-state index in [0.29, 0.717) is 37.1 Å². The lowest BCUT2D eigenvalue weighted by molar-refractivity contribution is -0.122. The highest BCUT2D eigenvalue weighted by molar-refractivity contribution is 5.78. The molecule has 0 aromatic heterocycles. The minimum atomic E-state index is 0.0220. The average Bonchev–Trinajstić information content (AvgIpc) is 2.68. The van der Waals surface area contributed by atoms with Gasteiger partial charge in [0.2, 0.25) is 5.91 Å². The van der Waals surface area contributed by atoms with E-state index in [0.717, 1.165) is 12.0 Å². The highest BCUT2D eigenvalue weighted by atomic mass is 16.5. The summed E-state index contributed by atoms with van der Waals surface area (Å²) in [6, 6.07) is 16.1. The highest BCUT2D eigenvalue weighted by Gasteiger charge is 2.15. The van der Waals surface area contributed by atoms with E-state index < -0.39 is 0 Å². The van der Waals surface area contributed by atoms with Crippen molar-refractivity contribution in [1.82, 2.24) is 10.2 Å². The Morgan fingerprint density at radius 2 is 1.81 bits per heavy atom. The van der Waals surface area contributed by atoms with E-state index >= 15 is 0 Å². The van der Waals surface area contributed by atoms with E-state index in [-0.39, 0.29) is 5.91 Å². The van der Waals surface area contributed by atoms with Crippen LogP contribution in [0.25, 0.3) is 0 Å². The number of methoxy groups -OCH3 is 2. The van der Waals surface area contributed by atoms with Crippen LogP contribution in [0, 0.1) is 0 Å². The quantitative estimate of drug-likeness (QED) is 0.696. The Morgan fingerprint density at radius 3 is 2.44 bits per heavy atom. The number of ether oxygens (including phenoxy) is 2. The van der Waals surface area contributed by atoms with Gasteiger partial charge in [-0.3, -0.25) is 9.69 Å². The maximum atomic E-state index is 12.4. The van der Waals surface area contributed by atoms with Gasteiger partial charge in [0.1, 0.15) is 0 Å². The summed E-state index contributed by atoms with van der Waals surface area (Å²) in [5.74, 6) is 1.76. The van der Waals surface area contributed by atoms with E-state index in [1.165, 1.54) is 5.56 Å². The van der Waals surface area contributed by atoms with Gasteiger partial charge in [-0.1, -0.05) is 49.4 Å². The maximum Gasteiger partial charge on any atom is 0.234 e. The molecule has 0 spiro atoms. The van der Waals surface area contributed by atoms with Crippen LogP contribution in [0.3, 0.4) is 0 Å². The number of benzene rings is 2. The van der Waals surface area contributed by atoms with E-state index in [1.807, 2.05) is 48.3 Å². The molecule has 1 unspecified atom stereocenters. The predicted octanol–water partition coefficient (Wildman–Crippen LogP) is 3.45. The van der Waals surface area contributed by atoms with Crippen LogP contribution < -0.4 is 14.8 Å². The zero-order valence-corrected chi connectivity index (χ0v) is 16.7. The van der Waals surface area contributed by atoms with Crippen molar-refractivity contribution in [3.05, 3.63) is 59.7 Å². The molecule has 27 heavy (non-hydrogen) atoms. The first-order valence-corrected chi connectivity index (χ1v) is 9.29. The number of carbonyl (C=O) groups excluding carboxylic acids is 1. The van der Waals surface area contributed by atoms with E-state index in [1.54, 1.807) is 14.2 Å². The van der Waals surface area contributed by atoms with Crippen molar-refractivity contribution in [3.8, 4) is 11.5 Å². The second-order valence-electron chi connectivity index (χ2n) is 6.64. The smallest absolute Gasteiger partial charge is 0.234 e. The fourth-order valence-electron chi connectivity index (χ4n) is 3.19. The molecule has 146 valence electrons. The number of likely N-dealkylation sites (N-methyl/N-ethyl adjacent to an activating group) is 1. The first-order valence-electron chi connectivity index (χ1n) is 9.29. The van der Waals surface area contributed by atoms with Crippen LogP contribution >= 0.6 is 0 Å². The summed E-state index contributed by atoms with van der Waals surface area (Å²) in [4.78, 5) is 14.3. The predicted molar refractivity (Wildman–Crippen MR) is 108 cm³/mol. The molecule has 0 fully saturated rings. The number of para-hydroxylation sites is 1. The van der Waals surface area contributed by atoms with Gasteiger partial charge >= 0.3 is 0 Å². The normalized spacial score (nSPS) is 11.9. The van der Waals surface area contributed by atoms with Crippen LogP contribution in [0.5, 0.6) is 11.5 Å². The van der Waals surface area contributed by atoms with Crippen LogP contribution in [-0.2, 0) is 11.3 Å². The zero-order chi connectivity index (χ0) is 19.6. The summed E-state index contributed by atoms with van der Waals surface area (Å²) in [6.07, 6.45) is 0.987. The SMILES string of the molecule is CCC(CNC(=O)CN(C)Cc1cccc(OC)c1OC)c1ccccc1. The van der Waals surface area contributed by atoms with Gasteiger partial charge in [0.15, 0.2) is 11.5 Å². The van der Waals surface area contributed by atoms with Gasteiger partial charge in [-0.2, -0.15) is 0 Å². The third-order valence-corrected chi connectivity index (χ3v) is 4.65. The Morgan fingerprint density at radius 1 is 1.07 bits per heavy atom. The fraction of sp³-hybridized carbons (Fsp3) is 0.409. The molecule has 0 radical (unpaired) electrons. The lowest BCUT2D eigenvalue weighted by atomic mass is 9.96. The van der Waals surface area contributed by atoms with E-state index in [4.69, 9.17) is 9.47 Å². The second-order valence-corrected chi connectivity index (χ2v) is 6.64. The van der Waals surface area contributed by atoms with Gasteiger partial charge in [-0.05, 0) is 25.1 Å². The Kier molecular flexibility index (Phi) is 8.14. The fourth-order valence-corrected chi connectivity index (χ4v) is 3.19. The molecular formula is C22H30N2O3. The van der Waals surface area contributed by atoms with Crippen LogP contribution in [0.2, 0.25) is 0 Å². The first-order chi connectivity index (χ1) is 13.1. The summed E-state index contributed by atoms with van der Waals surface area (Å²) < 4.78 is 10.8. The van der Waals surface area contributed by atoms with Gasteiger partial charge in [0.05, 0.1) is 20.8 Å². The van der Waals surface area contributed by atoms with Crippen LogP contribution in [-0.4, -0.2) is 45.2 Å². The Hall–Kier alpha value is -2.53. The van der Waals surface area contributed by atoms with Crippen molar-refractivity contribution in [2.75, 3.05) is 34.4 Å². The molecule has 0 aliphatic carbocycles. The Bertz CT molecular complexity index is 719. The molecule has 0 bridgehead atoms. The average molecular weight is 370 g/mol. The number of hydrogen-bond acceptors (Lipinski definition) is 4. The van der Waals surface area contributed by atoms with Gasteiger partial charge in [0, 0.05) is 24.6 Å². The largest absolute Gasteiger partial charge is 0.493 e. The number of hydrogen-bond donors (Lipinski definition) is 1. The summed E-state index contributed by atoms with van der Waals surface area (Å²) in [7, 11) is 5.17. The van der Waals surface area contributed by atoms with E-state index in [2.05, 4.69) is 24.4 Å². The molecule has 2 aromatic carbocycles. The molecule has 0 saturated carbocycles. The summed E-state index contributed by atoms with van der Waals surface area (Å²) >= 11 is 0. The third-order valence-electron chi connectivity index (χ3n) is 4.65. The van der Waals surface area contributed by atoms with Gasteiger partial charge < -0.3 is 14.8 Å². The maximum absolute atomic E-state index is 12.4.